The average Bonchev–Trinajstić information content (AvgIpc) is 2.69. The van der Waals surface area contributed by atoms with Crippen LogP contribution in [0.3, 0.4) is 0 Å². The zero-order valence-electron chi connectivity index (χ0n) is 15.4. The van der Waals surface area contributed by atoms with Crippen LogP contribution in [0.5, 0.6) is 11.5 Å². The van der Waals surface area contributed by atoms with Crippen LogP contribution in [0.15, 0.2) is 42.5 Å². The second-order valence-electron chi connectivity index (χ2n) is 6.21. The molecule has 6 nitrogen and oxygen atoms in total. The first kappa shape index (κ1) is 19.0. The summed E-state index contributed by atoms with van der Waals surface area (Å²) < 4.78 is 10.6. The van der Waals surface area contributed by atoms with Crippen molar-refractivity contribution in [1.29, 1.82) is 0 Å². The van der Waals surface area contributed by atoms with Gasteiger partial charge >= 0.3 is 0 Å². The van der Waals surface area contributed by atoms with Crippen molar-refractivity contribution < 1.29 is 19.1 Å². The number of ether oxygens (including phenoxy) is 2. The minimum Gasteiger partial charge on any atom is -0.493 e. The normalized spacial score (nSPS) is 17.0. The second-order valence-corrected chi connectivity index (χ2v) is 6.65. The van der Waals surface area contributed by atoms with E-state index < -0.39 is 6.04 Å². The van der Waals surface area contributed by atoms with Crippen LogP contribution in [0, 0.1) is 0 Å². The van der Waals surface area contributed by atoms with E-state index >= 15 is 0 Å². The van der Waals surface area contributed by atoms with Gasteiger partial charge in [-0.2, -0.15) is 0 Å². The molecule has 0 saturated carbocycles. The van der Waals surface area contributed by atoms with Gasteiger partial charge in [0.2, 0.25) is 5.91 Å². The third-order valence-electron chi connectivity index (χ3n) is 4.69. The van der Waals surface area contributed by atoms with E-state index in [0.29, 0.717) is 40.9 Å². The molecule has 27 heavy (non-hydrogen) atoms. The Bertz CT molecular complexity index is 854. The van der Waals surface area contributed by atoms with Crippen molar-refractivity contribution in [2.24, 2.45) is 0 Å². The molecule has 0 N–H and O–H groups in total. The van der Waals surface area contributed by atoms with Gasteiger partial charge in [-0.05, 0) is 43.3 Å². The Morgan fingerprint density at radius 3 is 2.33 bits per heavy atom. The Balaban J connectivity index is 1.80. The first-order valence-corrected chi connectivity index (χ1v) is 8.94. The lowest BCUT2D eigenvalue weighted by Gasteiger charge is -2.39. The Hall–Kier alpha value is -2.73. The van der Waals surface area contributed by atoms with Crippen molar-refractivity contribution in [3.05, 3.63) is 53.1 Å². The summed E-state index contributed by atoms with van der Waals surface area (Å²) >= 11 is 5.88. The largest absolute Gasteiger partial charge is 0.493 e. The minimum absolute atomic E-state index is 0.143. The zero-order valence-corrected chi connectivity index (χ0v) is 16.2. The van der Waals surface area contributed by atoms with Crippen molar-refractivity contribution >= 4 is 29.1 Å². The van der Waals surface area contributed by atoms with Crippen LogP contribution >= 0.6 is 11.6 Å². The fourth-order valence-corrected chi connectivity index (χ4v) is 3.28. The first-order valence-electron chi connectivity index (χ1n) is 8.56. The fourth-order valence-electron chi connectivity index (χ4n) is 3.16. The number of nitrogens with zero attached hydrogens (tertiary/aromatic N) is 2. The van der Waals surface area contributed by atoms with Crippen LogP contribution in [-0.2, 0) is 4.79 Å². The Kier molecular flexibility index (Phi) is 5.56. The predicted molar refractivity (Wildman–Crippen MR) is 104 cm³/mol. The molecule has 1 aliphatic rings. The molecule has 2 amide bonds. The van der Waals surface area contributed by atoms with Crippen molar-refractivity contribution in [3.8, 4) is 11.5 Å². The molecule has 0 radical (unpaired) electrons. The first-order chi connectivity index (χ1) is 13.0. The van der Waals surface area contributed by atoms with Crippen molar-refractivity contribution in [2.45, 2.75) is 13.0 Å². The number of rotatable bonds is 4. The van der Waals surface area contributed by atoms with Gasteiger partial charge < -0.3 is 19.3 Å². The molecule has 3 rings (SSSR count). The molecule has 1 saturated heterocycles. The van der Waals surface area contributed by atoms with Gasteiger partial charge in [0.15, 0.2) is 11.5 Å². The van der Waals surface area contributed by atoms with Gasteiger partial charge in [-0.25, -0.2) is 0 Å². The molecule has 7 heteroatoms. The van der Waals surface area contributed by atoms with E-state index in [4.69, 9.17) is 21.1 Å². The summed E-state index contributed by atoms with van der Waals surface area (Å²) in [5.74, 6) is 0.823. The molecule has 0 aromatic heterocycles. The lowest BCUT2D eigenvalue weighted by molar-refractivity contribution is -0.124. The van der Waals surface area contributed by atoms with Crippen molar-refractivity contribution in [2.75, 3.05) is 32.2 Å². The van der Waals surface area contributed by atoms with Gasteiger partial charge in [0.05, 0.1) is 14.2 Å². The molecular formula is C20H21ClN2O4. The van der Waals surface area contributed by atoms with E-state index in [1.165, 1.54) is 0 Å². The number of hydrogen-bond donors (Lipinski definition) is 0. The third kappa shape index (κ3) is 3.71. The molecule has 1 atom stereocenters. The van der Waals surface area contributed by atoms with E-state index in [9.17, 15) is 9.59 Å². The highest BCUT2D eigenvalue weighted by Crippen LogP contribution is 2.32. The van der Waals surface area contributed by atoms with E-state index in [1.807, 2.05) is 6.07 Å². The SMILES string of the molecule is COc1ccc(N2CCN(C(=O)c3ccc(Cl)cc3)C(C)C2=O)cc1OC. The number of carbonyl (C=O) groups excluding carboxylic acids is 2. The monoisotopic (exact) mass is 388 g/mol. The van der Waals surface area contributed by atoms with Gasteiger partial charge in [0, 0.05) is 35.4 Å². The standard InChI is InChI=1S/C20H21ClN2O4/c1-13-19(24)23(16-8-9-17(26-2)18(12-16)27-3)11-10-22(13)20(25)14-4-6-15(21)7-5-14/h4-9,12-13H,10-11H2,1-3H3. The molecule has 1 heterocycles. The van der Waals surface area contributed by atoms with Crippen LogP contribution in [0.4, 0.5) is 5.69 Å². The number of halogens is 1. The molecule has 2 aromatic carbocycles. The summed E-state index contributed by atoms with van der Waals surface area (Å²) in [5, 5.41) is 0.564. The van der Waals surface area contributed by atoms with Gasteiger partial charge in [0.1, 0.15) is 6.04 Å². The number of carbonyl (C=O) groups is 2. The van der Waals surface area contributed by atoms with Gasteiger partial charge in [0.25, 0.3) is 5.91 Å². The summed E-state index contributed by atoms with van der Waals surface area (Å²) in [5.41, 5.74) is 1.22. The van der Waals surface area contributed by atoms with Crippen molar-refractivity contribution in [1.82, 2.24) is 4.90 Å². The molecule has 142 valence electrons. The van der Waals surface area contributed by atoms with Crippen LogP contribution < -0.4 is 14.4 Å². The van der Waals surface area contributed by atoms with E-state index in [2.05, 4.69) is 0 Å². The average molecular weight is 389 g/mol. The molecule has 1 fully saturated rings. The number of anilines is 1. The maximum Gasteiger partial charge on any atom is 0.254 e. The highest BCUT2D eigenvalue weighted by molar-refractivity contribution is 6.30. The number of hydrogen-bond acceptors (Lipinski definition) is 4. The predicted octanol–water partition coefficient (Wildman–Crippen LogP) is 3.23. The van der Waals surface area contributed by atoms with Crippen LogP contribution in [-0.4, -0.2) is 50.1 Å². The van der Waals surface area contributed by atoms with Gasteiger partial charge in [-0.3, -0.25) is 9.59 Å². The second kappa shape index (κ2) is 7.88. The highest BCUT2D eigenvalue weighted by atomic mass is 35.5. The number of benzene rings is 2. The maximum absolute atomic E-state index is 12.9. The Morgan fingerprint density at radius 2 is 1.70 bits per heavy atom. The highest BCUT2D eigenvalue weighted by Gasteiger charge is 2.35. The zero-order chi connectivity index (χ0) is 19.6. The lowest BCUT2D eigenvalue weighted by atomic mass is 10.1. The maximum atomic E-state index is 12.9. The summed E-state index contributed by atoms with van der Waals surface area (Å²) in [6.07, 6.45) is 0. The molecule has 2 aromatic rings. The number of amides is 2. The molecule has 1 unspecified atom stereocenters. The molecule has 0 bridgehead atoms. The van der Waals surface area contributed by atoms with E-state index in [0.717, 1.165) is 0 Å². The Morgan fingerprint density at radius 1 is 1.04 bits per heavy atom. The minimum atomic E-state index is -0.574. The number of methoxy groups -OCH3 is 2. The van der Waals surface area contributed by atoms with Crippen molar-refractivity contribution in [3.63, 3.8) is 0 Å². The smallest absolute Gasteiger partial charge is 0.254 e. The molecule has 0 spiro atoms. The summed E-state index contributed by atoms with van der Waals surface area (Å²) in [4.78, 5) is 28.9. The van der Waals surface area contributed by atoms with E-state index in [1.54, 1.807) is 67.3 Å². The lowest BCUT2D eigenvalue weighted by Crippen LogP contribution is -2.57. The number of piperazine rings is 1. The van der Waals surface area contributed by atoms with Crippen LogP contribution in [0.2, 0.25) is 5.02 Å². The molecule has 0 aliphatic carbocycles. The fraction of sp³-hybridized carbons (Fsp3) is 0.300. The summed E-state index contributed by atoms with van der Waals surface area (Å²) in [6.45, 7) is 2.57. The molecule has 1 aliphatic heterocycles. The third-order valence-corrected chi connectivity index (χ3v) is 4.94. The molecular weight excluding hydrogens is 368 g/mol. The van der Waals surface area contributed by atoms with Crippen LogP contribution in [0.25, 0.3) is 0 Å². The summed E-state index contributed by atoms with van der Waals surface area (Å²) in [7, 11) is 3.11. The quantitative estimate of drug-likeness (QED) is 0.806. The summed E-state index contributed by atoms with van der Waals surface area (Å²) in [6, 6.07) is 11.4. The topological polar surface area (TPSA) is 59.1 Å². The van der Waals surface area contributed by atoms with E-state index in [-0.39, 0.29) is 11.8 Å². The Labute approximate surface area is 163 Å². The van der Waals surface area contributed by atoms with Gasteiger partial charge in [-0.1, -0.05) is 11.6 Å². The van der Waals surface area contributed by atoms with Crippen LogP contribution in [0.1, 0.15) is 17.3 Å². The van der Waals surface area contributed by atoms with Gasteiger partial charge in [-0.15, -0.1) is 0 Å².